The summed E-state index contributed by atoms with van der Waals surface area (Å²) >= 11 is 0. The molecule has 0 aromatic carbocycles. The fraction of sp³-hybridized carbons (Fsp3) is 0.727. The number of rotatable bonds is 8. The normalized spacial score (nSPS) is 23.0. The second-order valence-electron chi connectivity index (χ2n) is 4.46. The van der Waals surface area contributed by atoms with Crippen LogP contribution in [0.2, 0.25) is 0 Å². The van der Waals surface area contributed by atoms with Crippen LogP contribution in [-0.4, -0.2) is 53.8 Å². The molecule has 20 heavy (non-hydrogen) atoms. The minimum atomic E-state index is -0.544. The first-order valence-corrected chi connectivity index (χ1v) is 6.26. The van der Waals surface area contributed by atoms with Crippen molar-refractivity contribution >= 4 is 6.21 Å². The maximum Gasteiger partial charge on any atom is 0.215 e. The van der Waals surface area contributed by atoms with Crippen molar-refractivity contribution in [1.82, 2.24) is 4.90 Å². The SMILES string of the molecule is CCC(CCOCN1C=C[NH+](C)C1/C=N\O)[N+](=O)[O-].[Cl-]. The lowest BCUT2D eigenvalue weighted by Crippen LogP contribution is -3.09. The van der Waals surface area contributed by atoms with Crippen LogP contribution < -0.4 is 17.3 Å². The Morgan fingerprint density at radius 1 is 1.70 bits per heavy atom. The Labute approximate surface area is 124 Å². The smallest absolute Gasteiger partial charge is 0.215 e. The van der Waals surface area contributed by atoms with Gasteiger partial charge in [0.15, 0.2) is 0 Å². The minimum absolute atomic E-state index is 0. The zero-order valence-electron chi connectivity index (χ0n) is 11.6. The van der Waals surface area contributed by atoms with Crippen molar-refractivity contribution in [3.8, 4) is 0 Å². The topological polar surface area (TPSA) is 92.6 Å². The van der Waals surface area contributed by atoms with Gasteiger partial charge in [-0.3, -0.25) is 19.9 Å². The van der Waals surface area contributed by atoms with Gasteiger partial charge in [0.25, 0.3) is 0 Å². The third-order valence-electron chi connectivity index (χ3n) is 3.17. The highest BCUT2D eigenvalue weighted by Gasteiger charge is 2.27. The highest BCUT2D eigenvalue weighted by atomic mass is 35.5. The van der Waals surface area contributed by atoms with Crippen LogP contribution in [0.15, 0.2) is 17.6 Å². The molecule has 1 aliphatic rings. The van der Waals surface area contributed by atoms with Crippen LogP contribution in [0, 0.1) is 10.1 Å². The van der Waals surface area contributed by atoms with E-state index in [2.05, 4.69) is 5.16 Å². The van der Waals surface area contributed by atoms with Crippen LogP contribution in [0.3, 0.4) is 0 Å². The number of quaternary nitrogens is 1. The van der Waals surface area contributed by atoms with E-state index in [-0.39, 0.29) is 23.5 Å². The largest absolute Gasteiger partial charge is 1.00 e. The van der Waals surface area contributed by atoms with E-state index in [1.165, 1.54) is 6.21 Å². The fourth-order valence-corrected chi connectivity index (χ4v) is 1.90. The number of ether oxygens (including phenoxy) is 1. The molecule has 0 saturated heterocycles. The lowest BCUT2D eigenvalue weighted by Gasteiger charge is -2.22. The van der Waals surface area contributed by atoms with Gasteiger partial charge in [0.2, 0.25) is 12.2 Å². The first-order chi connectivity index (χ1) is 9.10. The second kappa shape index (κ2) is 9.51. The summed E-state index contributed by atoms with van der Waals surface area (Å²) in [6, 6.07) is -0.544. The number of hydrogen-bond acceptors (Lipinski definition) is 6. The van der Waals surface area contributed by atoms with E-state index < -0.39 is 6.04 Å². The predicted octanol–water partition coefficient (Wildman–Crippen LogP) is -3.50. The Balaban J connectivity index is 0.00000361. The molecule has 0 amide bonds. The number of nitrogens with zero attached hydrogens (tertiary/aromatic N) is 3. The summed E-state index contributed by atoms with van der Waals surface area (Å²) in [4.78, 5) is 13.3. The van der Waals surface area contributed by atoms with Crippen molar-refractivity contribution in [2.24, 2.45) is 5.16 Å². The van der Waals surface area contributed by atoms with Gasteiger partial charge in [0, 0.05) is 17.8 Å². The molecule has 1 heterocycles. The average Bonchev–Trinajstić information content (AvgIpc) is 2.71. The summed E-state index contributed by atoms with van der Waals surface area (Å²) in [5, 5.41) is 22.3. The average molecular weight is 309 g/mol. The zero-order chi connectivity index (χ0) is 14.3. The van der Waals surface area contributed by atoms with Crippen LogP contribution in [0.4, 0.5) is 0 Å². The number of nitrogens with one attached hydrogen (secondary N) is 1. The van der Waals surface area contributed by atoms with Gasteiger partial charge < -0.3 is 22.4 Å². The molecule has 0 spiro atoms. The molecule has 3 atom stereocenters. The van der Waals surface area contributed by atoms with E-state index in [4.69, 9.17) is 9.94 Å². The van der Waals surface area contributed by atoms with Gasteiger partial charge in [0.05, 0.1) is 19.9 Å². The molecule has 3 unspecified atom stereocenters. The van der Waals surface area contributed by atoms with E-state index in [9.17, 15) is 10.1 Å². The third-order valence-corrected chi connectivity index (χ3v) is 3.17. The molecular formula is C11H21ClN4O4. The number of halogens is 1. The maximum atomic E-state index is 10.6. The molecular weight excluding hydrogens is 288 g/mol. The Morgan fingerprint density at radius 2 is 2.40 bits per heavy atom. The van der Waals surface area contributed by atoms with Gasteiger partial charge in [0.1, 0.15) is 19.1 Å². The molecule has 0 radical (unpaired) electrons. The van der Waals surface area contributed by atoms with Gasteiger partial charge in [-0.1, -0.05) is 12.1 Å². The first-order valence-electron chi connectivity index (χ1n) is 6.26. The van der Waals surface area contributed by atoms with Crippen LogP contribution in [0.25, 0.3) is 0 Å². The Morgan fingerprint density at radius 3 is 2.95 bits per heavy atom. The Bertz CT molecular complexity index is 353. The van der Waals surface area contributed by atoms with E-state index in [0.29, 0.717) is 26.2 Å². The van der Waals surface area contributed by atoms with Crippen molar-refractivity contribution in [2.45, 2.75) is 32.0 Å². The predicted molar refractivity (Wildman–Crippen MR) is 68.4 cm³/mol. The summed E-state index contributed by atoms with van der Waals surface area (Å²) in [5.74, 6) is 0. The quantitative estimate of drug-likeness (QED) is 0.160. The minimum Gasteiger partial charge on any atom is -1.00 e. The molecule has 0 aromatic rings. The number of oxime groups is 1. The molecule has 9 heteroatoms. The second-order valence-corrected chi connectivity index (χ2v) is 4.46. The van der Waals surface area contributed by atoms with E-state index in [1.807, 2.05) is 24.3 Å². The third kappa shape index (κ3) is 5.32. The Hall–Kier alpha value is -1.38. The number of nitro groups is 1. The summed E-state index contributed by atoms with van der Waals surface area (Å²) in [6.07, 6.45) is 6.00. The number of hydrogen-bond donors (Lipinski definition) is 2. The maximum absolute atomic E-state index is 10.6. The van der Waals surface area contributed by atoms with Crippen LogP contribution in [0.1, 0.15) is 19.8 Å². The summed E-state index contributed by atoms with van der Waals surface area (Å²) in [6.45, 7) is 2.45. The summed E-state index contributed by atoms with van der Waals surface area (Å²) in [5.41, 5.74) is 0. The molecule has 0 aromatic heterocycles. The van der Waals surface area contributed by atoms with Crippen LogP contribution in [0.5, 0.6) is 0 Å². The molecule has 0 saturated carbocycles. The van der Waals surface area contributed by atoms with Crippen molar-refractivity contribution in [3.63, 3.8) is 0 Å². The summed E-state index contributed by atoms with van der Waals surface area (Å²) < 4.78 is 5.44. The van der Waals surface area contributed by atoms with Crippen molar-refractivity contribution < 1.29 is 32.2 Å². The molecule has 1 rings (SSSR count). The van der Waals surface area contributed by atoms with Crippen LogP contribution >= 0.6 is 0 Å². The van der Waals surface area contributed by atoms with E-state index in [0.717, 1.165) is 4.90 Å². The van der Waals surface area contributed by atoms with Crippen molar-refractivity contribution in [1.29, 1.82) is 0 Å². The zero-order valence-corrected chi connectivity index (χ0v) is 12.4. The van der Waals surface area contributed by atoms with Gasteiger partial charge >= 0.3 is 0 Å². The van der Waals surface area contributed by atoms with E-state index >= 15 is 0 Å². The van der Waals surface area contributed by atoms with Crippen LogP contribution in [-0.2, 0) is 4.74 Å². The molecule has 1 aliphatic heterocycles. The van der Waals surface area contributed by atoms with Crippen molar-refractivity contribution in [2.75, 3.05) is 20.4 Å². The highest BCUT2D eigenvalue weighted by Crippen LogP contribution is 2.04. The van der Waals surface area contributed by atoms with Crippen molar-refractivity contribution in [3.05, 3.63) is 22.5 Å². The first kappa shape index (κ1) is 18.6. The monoisotopic (exact) mass is 308 g/mol. The molecule has 2 N–H and O–H groups in total. The summed E-state index contributed by atoms with van der Waals surface area (Å²) in [7, 11) is 1.93. The van der Waals surface area contributed by atoms with Gasteiger partial charge in [-0.25, -0.2) is 0 Å². The van der Waals surface area contributed by atoms with Gasteiger partial charge in [-0.05, 0) is 0 Å². The van der Waals surface area contributed by atoms with E-state index in [1.54, 1.807) is 6.92 Å². The molecule has 0 bridgehead atoms. The standard InChI is InChI=1S/C11H20N4O4.ClH/c1-3-10(15(17)18)4-7-19-9-14-6-5-13(2)11(14)8-12-16;/h5-6,8,10-11,16H,3-4,7,9H2,1-2H3;1H/b12-8-;. The Kier molecular flexibility index (Phi) is 8.86. The lowest BCUT2D eigenvalue weighted by molar-refractivity contribution is -0.843. The lowest BCUT2D eigenvalue weighted by atomic mass is 10.2. The highest BCUT2D eigenvalue weighted by molar-refractivity contribution is 5.61. The molecule has 8 nitrogen and oxygen atoms in total. The van der Waals surface area contributed by atoms with Gasteiger partial charge in [-0.15, -0.1) is 0 Å². The molecule has 116 valence electrons. The van der Waals surface area contributed by atoms with Gasteiger partial charge in [-0.2, -0.15) is 0 Å². The molecule has 0 fully saturated rings. The fourth-order valence-electron chi connectivity index (χ4n) is 1.90. The molecule has 0 aliphatic carbocycles.